The van der Waals surface area contributed by atoms with Gasteiger partial charge < -0.3 is 18.7 Å². The molecule has 0 N–H and O–H groups in total. The first-order chi connectivity index (χ1) is 20.8. The lowest BCUT2D eigenvalue weighted by atomic mass is 9.78. The normalized spacial score (nSPS) is 14.6. The van der Waals surface area contributed by atoms with E-state index in [1.807, 2.05) is 54.6 Å². The third-order valence-corrected chi connectivity index (χ3v) is 7.46. The molecule has 1 aliphatic rings. The van der Waals surface area contributed by atoms with E-state index in [9.17, 15) is 18.8 Å². The SMILES string of the molecule is CCOC(=O)OC(=O)C1(C(=O)OC)CCN(Cc2ccc(-c3noc(-c4ccc(-c5ccccc5)c(F)c4)n3)cc2)CC1. The van der Waals surface area contributed by atoms with E-state index >= 15 is 0 Å². The van der Waals surface area contributed by atoms with Gasteiger partial charge in [-0.25, -0.2) is 9.18 Å². The standard InChI is InChI=1S/C32H30FN3O7/c1-3-41-31(39)42-30(38)32(29(37)40-2)15-17-36(18-16-32)20-21-9-11-23(12-10-21)27-34-28(43-35-27)24-13-14-25(26(33)19-24)22-7-5-4-6-8-22/h4-14,19H,3,15-18,20H2,1-2H3. The summed E-state index contributed by atoms with van der Waals surface area (Å²) in [4.78, 5) is 43.5. The number of methoxy groups -OCH3 is 1. The van der Waals surface area contributed by atoms with Crippen LogP contribution >= 0.6 is 0 Å². The predicted octanol–water partition coefficient (Wildman–Crippen LogP) is 5.66. The van der Waals surface area contributed by atoms with Crippen LogP contribution in [0.4, 0.5) is 9.18 Å². The summed E-state index contributed by atoms with van der Waals surface area (Å²) in [5, 5.41) is 4.07. The van der Waals surface area contributed by atoms with Crippen molar-refractivity contribution in [3.05, 3.63) is 84.2 Å². The van der Waals surface area contributed by atoms with Crippen LogP contribution in [0, 0.1) is 11.2 Å². The van der Waals surface area contributed by atoms with E-state index in [2.05, 4.69) is 19.8 Å². The highest BCUT2D eigenvalue weighted by Crippen LogP contribution is 2.35. The Hall–Kier alpha value is -4.90. The van der Waals surface area contributed by atoms with Crippen molar-refractivity contribution in [3.63, 3.8) is 0 Å². The molecule has 0 unspecified atom stereocenters. The molecule has 0 amide bonds. The van der Waals surface area contributed by atoms with Gasteiger partial charge in [-0.15, -0.1) is 0 Å². The fourth-order valence-electron chi connectivity index (χ4n) is 5.08. The molecule has 1 aliphatic heterocycles. The molecule has 1 aromatic heterocycles. The smallest absolute Gasteiger partial charge is 0.468 e. The molecule has 222 valence electrons. The second-order valence-electron chi connectivity index (χ2n) is 10.1. The average Bonchev–Trinajstić information content (AvgIpc) is 3.52. The minimum Gasteiger partial charge on any atom is -0.468 e. The van der Waals surface area contributed by atoms with Crippen LogP contribution < -0.4 is 0 Å². The maximum Gasteiger partial charge on any atom is 0.516 e. The van der Waals surface area contributed by atoms with Crippen LogP contribution in [0.25, 0.3) is 34.0 Å². The fraction of sp³-hybridized carbons (Fsp3) is 0.281. The lowest BCUT2D eigenvalue weighted by Crippen LogP contribution is -2.50. The summed E-state index contributed by atoms with van der Waals surface area (Å²) in [6.07, 6.45) is -0.872. The summed E-state index contributed by atoms with van der Waals surface area (Å²) < 4.78 is 34.6. The first-order valence-electron chi connectivity index (χ1n) is 13.8. The third-order valence-electron chi connectivity index (χ3n) is 7.46. The number of ether oxygens (including phenoxy) is 3. The average molecular weight is 588 g/mol. The Bertz CT molecular complexity index is 1600. The molecule has 5 rings (SSSR count). The summed E-state index contributed by atoms with van der Waals surface area (Å²) >= 11 is 0. The number of carbonyl (C=O) groups excluding carboxylic acids is 3. The van der Waals surface area contributed by atoms with Crippen molar-refractivity contribution < 1.29 is 37.5 Å². The van der Waals surface area contributed by atoms with E-state index < -0.39 is 23.5 Å². The second-order valence-corrected chi connectivity index (χ2v) is 10.1. The van der Waals surface area contributed by atoms with Crippen molar-refractivity contribution >= 4 is 18.1 Å². The van der Waals surface area contributed by atoms with Crippen molar-refractivity contribution in [1.82, 2.24) is 15.0 Å². The summed E-state index contributed by atoms with van der Waals surface area (Å²) in [5.74, 6) is -1.50. The molecule has 43 heavy (non-hydrogen) atoms. The van der Waals surface area contributed by atoms with Crippen molar-refractivity contribution in [2.45, 2.75) is 26.3 Å². The minimum atomic E-state index is -1.57. The van der Waals surface area contributed by atoms with E-state index in [0.717, 1.165) is 16.7 Å². The highest BCUT2D eigenvalue weighted by molar-refractivity contribution is 6.02. The molecule has 0 atom stereocenters. The first kappa shape index (κ1) is 29.6. The molecular weight excluding hydrogens is 557 g/mol. The van der Waals surface area contributed by atoms with Gasteiger partial charge in [-0.3, -0.25) is 14.5 Å². The van der Waals surface area contributed by atoms with Gasteiger partial charge in [0.15, 0.2) is 5.41 Å². The Morgan fingerprint density at radius 1 is 0.930 bits per heavy atom. The highest BCUT2D eigenvalue weighted by Gasteiger charge is 2.51. The van der Waals surface area contributed by atoms with Gasteiger partial charge in [0.25, 0.3) is 5.89 Å². The molecule has 0 spiro atoms. The van der Waals surface area contributed by atoms with Gasteiger partial charge in [-0.1, -0.05) is 65.8 Å². The lowest BCUT2D eigenvalue weighted by Gasteiger charge is -2.37. The van der Waals surface area contributed by atoms with Crippen LogP contribution in [0.2, 0.25) is 0 Å². The number of carbonyl (C=O) groups is 3. The first-order valence-corrected chi connectivity index (χ1v) is 13.8. The summed E-state index contributed by atoms with van der Waals surface area (Å²) in [6.45, 7) is 3.00. The van der Waals surface area contributed by atoms with Crippen LogP contribution in [0.3, 0.4) is 0 Å². The van der Waals surface area contributed by atoms with Crippen LogP contribution in [0.5, 0.6) is 0 Å². The molecule has 0 bridgehead atoms. The third kappa shape index (κ3) is 6.46. The number of esters is 2. The van der Waals surface area contributed by atoms with Crippen LogP contribution in [0.15, 0.2) is 77.3 Å². The number of halogens is 1. The van der Waals surface area contributed by atoms with Gasteiger partial charge in [0.1, 0.15) is 5.82 Å². The maximum absolute atomic E-state index is 14.8. The summed E-state index contributed by atoms with van der Waals surface area (Å²) in [6, 6.07) is 21.7. The monoisotopic (exact) mass is 587 g/mol. The van der Waals surface area contributed by atoms with Gasteiger partial charge in [0.2, 0.25) is 5.82 Å². The number of hydrogen-bond acceptors (Lipinski definition) is 10. The molecule has 1 saturated heterocycles. The van der Waals surface area contributed by atoms with Crippen molar-refractivity contribution in [2.75, 3.05) is 26.8 Å². The Morgan fingerprint density at radius 3 is 2.28 bits per heavy atom. The highest BCUT2D eigenvalue weighted by atomic mass is 19.1. The number of piperidine rings is 1. The molecule has 4 aromatic rings. The van der Waals surface area contributed by atoms with Gasteiger partial charge in [0.05, 0.1) is 13.7 Å². The Balaban J connectivity index is 1.21. The Kier molecular flexibility index (Phi) is 8.91. The molecule has 0 radical (unpaired) electrons. The molecule has 0 aliphatic carbocycles. The van der Waals surface area contributed by atoms with Crippen molar-refractivity contribution in [3.8, 4) is 34.0 Å². The van der Waals surface area contributed by atoms with Gasteiger partial charge >= 0.3 is 18.1 Å². The number of rotatable bonds is 8. The van der Waals surface area contributed by atoms with Crippen LogP contribution in [-0.2, 0) is 30.3 Å². The van der Waals surface area contributed by atoms with E-state index in [4.69, 9.17) is 14.0 Å². The van der Waals surface area contributed by atoms with Crippen LogP contribution in [-0.4, -0.2) is 59.9 Å². The van der Waals surface area contributed by atoms with E-state index in [0.29, 0.717) is 36.6 Å². The number of benzene rings is 3. The second kappa shape index (κ2) is 13.0. The Morgan fingerprint density at radius 2 is 1.63 bits per heavy atom. The maximum atomic E-state index is 14.8. The summed E-state index contributed by atoms with van der Waals surface area (Å²) in [5.41, 5.74) is 1.90. The van der Waals surface area contributed by atoms with E-state index in [1.165, 1.54) is 13.2 Å². The minimum absolute atomic E-state index is 0.0424. The Labute approximate surface area is 247 Å². The lowest BCUT2D eigenvalue weighted by molar-refractivity contribution is -0.172. The summed E-state index contributed by atoms with van der Waals surface area (Å²) in [7, 11) is 1.20. The number of nitrogens with zero attached hydrogens (tertiary/aromatic N) is 3. The molecular formula is C32H30FN3O7. The zero-order chi connectivity index (χ0) is 30.4. The van der Waals surface area contributed by atoms with Crippen molar-refractivity contribution in [1.29, 1.82) is 0 Å². The zero-order valence-electron chi connectivity index (χ0n) is 23.7. The van der Waals surface area contributed by atoms with Crippen LogP contribution in [0.1, 0.15) is 25.3 Å². The molecule has 10 nitrogen and oxygen atoms in total. The topological polar surface area (TPSA) is 121 Å². The van der Waals surface area contributed by atoms with Crippen molar-refractivity contribution in [2.24, 2.45) is 5.41 Å². The van der Waals surface area contributed by atoms with Gasteiger partial charge in [0, 0.05) is 36.3 Å². The quantitative estimate of drug-likeness (QED) is 0.188. The fourth-order valence-corrected chi connectivity index (χ4v) is 5.08. The molecule has 2 heterocycles. The number of likely N-dealkylation sites (tertiary alicyclic amines) is 1. The van der Waals surface area contributed by atoms with Gasteiger partial charge in [-0.05, 0) is 43.0 Å². The number of aromatic nitrogens is 2. The zero-order valence-corrected chi connectivity index (χ0v) is 23.7. The predicted molar refractivity (Wildman–Crippen MR) is 153 cm³/mol. The molecule has 3 aromatic carbocycles. The molecule has 1 fully saturated rings. The van der Waals surface area contributed by atoms with E-state index in [1.54, 1.807) is 19.1 Å². The number of hydrogen-bond donors (Lipinski definition) is 0. The molecule has 11 heteroatoms. The largest absolute Gasteiger partial charge is 0.516 e. The van der Waals surface area contributed by atoms with E-state index in [-0.39, 0.29) is 31.2 Å². The van der Waals surface area contributed by atoms with Gasteiger partial charge in [-0.2, -0.15) is 4.98 Å². The molecule has 0 saturated carbocycles.